The molecule has 3 nitrogen and oxygen atoms in total. The van der Waals surface area contributed by atoms with E-state index in [4.69, 9.17) is 5.73 Å². The molecule has 2 aliphatic rings. The zero-order valence-corrected chi connectivity index (χ0v) is 15.4. The maximum Gasteiger partial charge on any atom is 0.248 e. The van der Waals surface area contributed by atoms with Gasteiger partial charge in [-0.05, 0) is 43.2 Å². The van der Waals surface area contributed by atoms with Crippen molar-refractivity contribution in [1.82, 2.24) is 9.97 Å². The first-order chi connectivity index (χ1) is 13.2. The van der Waals surface area contributed by atoms with Crippen molar-refractivity contribution < 1.29 is 22.0 Å². The molecule has 3 N–H and O–H groups in total. The quantitative estimate of drug-likeness (QED) is 0.654. The summed E-state index contributed by atoms with van der Waals surface area (Å²) >= 11 is 0. The molecule has 1 atom stereocenters. The first kappa shape index (κ1) is 19.6. The molecule has 2 fully saturated rings. The topological polar surface area (TPSA) is 54.7 Å². The molecule has 2 saturated carbocycles. The van der Waals surface area contributed by atoms with Crippen LogP contribution in [-0.4, -0.2) is 21.8 Å². The van der Waals surface area contributed by atoms with Crippen LogP contribution < -0.4 is 5.73 Å². The van der Waals surface area contributed by atoms with Gasteiger partial charge in [0.05, 0.1) is 11.6 Å². The Morgan fingerprint density at radius 2 is 1.61 bits per heavy atom. The molecule has 2 aliphatic carbocycles. The van der Waals surface area contributed by atoms with E-state index in [0.717, 1.165) is 0 Å². The number of alkyl halides is 4. The molecule has 0 bridgehead atoms. The average molecular weight is 400 g/mol. The van der Waals surface area contributed by atoms with Crippen molar-refractivity contribution in [2.24, 2.45) is 11.7 Å². The Balaban J connectivity index is 1.55. The summed E-state index contributed by atoms with van der Waals surface area (Å²) in [5.74, 6) is -4.96. The molecule has 0 spiro atoms. The number of nitrogens with zero attached hydrogens (tertiary/aromatic N) is 1. The van der Waals surface area contributed by atoms with Crippen LogP contribution in [0, 0.1) is 17.7 Å². The van der Waals surface area contributed by atoms with E-state index in [-0.39, 0.29) is 50.0 Å². The summed E-state index contributed by atoms with van der Waals surface area (Å²) in [6.07, 6.45) is -0.0487. The lowest BCUT2D eigenvalue weighted by Gasteiger charge is -2.31. The van der Waals surface area contributed by atoms with Crippen LogP contribution in [0.3, 0.4) is 0 Å². The monoisotopic (exact) mass is 400 g/mol. The van der Waals surface area contributed by atoms with Gasteiger partial charge in [-0.1, -0.05) is 6.07 Å². The number of imidazole rings is 1. The van der Waals surface area contributed by atoms with Crippen LogP contribution in [-0.2, 0) is 0 Å². The number of aromatic nitrogens is 2. The van der Waals surface area contributed by atoms with Gasteiger partial charge in [-0.3, -0.25) is 0 Å². The van der Waals surface area contributed by atoms with E-state index in [2.05, 4.69) is 9.97 Å². The first-order valence-corrected chi connectivity index (χ1v) is 9.70. The van der Waals surface area contributed by atoms with Gasteiger partial charge in [-0.2, -0.15) is 0 Å². The predicted molar refractivity (Wildman–Crippen MR) is 95.6 cm³/mol. The Hall–Kier alpha value is -1.70. The van der Waals surface area contributed by atoms with E-state index in [1.54, 1.807) is 12.1 Å². The van der Waals surface area contributed by atoms with Crippen molar-refractivity contribution in [1.29, 1.82) is 0 Å². The van der Waals surface area contributed by atoms with Gasteiger partial charge in [0, 0.05) is 31.6 Å². The average Bonchev–Trinajstić information content (AvgIpc) is 3.07. The van der Waals surface area contributed by atoms with Crippen molar-refractivity contribution >= 4 is 11.0 Å². The number of hydrogen-bond acceptors (Lipinski definition) is 2. The lowest BCUT2D eigenvalue weighted by molar-refractivity contribution is -0.0486. The number of rotatable bonds is 3. The fourth-order valence-electron chi connectivity index (χ4n) is 4.32. The highest BCUT2D eigenvalue weighted by Crippen LogP contribution is 2.43. The summed E-state index contributed by atoms with van der Waals surface area (Å²) in [6, 6.07) is 2.68. The minimum atomic E-state index is -2.69. The number of nitrogens with one attached hydrogen (secondary N) is 1. The lowest BCUT2D eigenvalue weighted by atomic mass is 9.82. The molecular weight excluding hydrogens is 377 g/mol. The van der Waals surface area contributed by atoms with E-state index < -0.39 is 23.7 Å². The second-order valence-electron chi connectivity index (χ2n) is 8.12. The Kier molecular flexibility index (Phi) is 4.88. The summed E-state index contributed by atoms with van der Waals surface area (Å²) in [7, 11) is 0. The zero-order valence-electron chi connectivity index (χ0n) is 15.4. The molecular formula is C20H23F5N3. The largest absolute Gasteiger partial charge is 0.341 e. The molecule has 0 unspecified atom stereocenters. The van der Waals surface area contributed by atoms with Crippen LogP contribution in [0.1, 0.15) is 68.8 Å². The number of H-pyrrole nitrogens is 1. The molecule has 0 saturated heterocycles. The summed E-state index contributed by atoms with van der Waals surface area (Å²) in [5.41, 5.74) is 7.15. The van der Waals surface area contributed by atoms with Gasteiger partial charge in [0.1, 0.15) is 11.3 Å². The van der Waals surface area contributed by atoms with E-state index in [0.29, 0.717) is 35.7 Å². The molecule has 2 aromatic rings. The smallest absolute Gasteiger partial charge is 0.248 e. The van der Waals surface area contributed by atoms with Gasteiger partial charge in [0.25, 0.3) is 0 Å². The molecule has 153 valence electrons. The highest BCUT2D eigenvalue weighted by atomic mass is 19.3. The van der Waals surface area contributed by atoms with Crippen molar-refractivity contribution in [2.75, 3.05) is 0 Å². The van der Waals surface area contributed by atoms with Gasteiger partial charge in [0.15, 0.2) is 5.82 Å². The summed E-state index contributed by atoms with van der Waals surface area (Å²) < 4.78 is 68.5. The highest BCUT2D eigenvalue weighted by Gasteiger charge is 2.39. The van der Waals surface area contributed by atoms with Gasteiger partial charge in [-0.15, -0.1) is 0 Å². The summed E-state index contributed by atoms with van der Waals surface area (Å²) in [6.45, 7) is 0. The highest BCUT2D eigenvalue weighted by molar-refractivity contribution is 5.77. The standard InChI is InChI=1S/C20H23F5N3/c21-15-13(11-3-7-19(22,23)8-4-11)1-2-14-17(15)28-18(27-14)16(26)12-5-9-20(24,25)10-6-12/h1-2,12,16H,3-10,26H2,(H,27,28)/t16-/m0/s1. The van der Waals surface area contributed by atoms with E-state index in [1.165, 1.54) is 0 Å². The maximum atomic E-state index is 15.0. The van der Waals surface area contributed by atoms with E-state index in [1.807, 2.05) is 0 Å². The van der Waals surface area contributed by atoms with Crippen LogP contribution in [0.2, 0.25) is 0 Å². The number of nitrogens with two attached hydrogens (primary N) is 1. The SMILES string of the molecule is N[C@H](c1nc2c(F)c([C]3CCC(F)(F)CC3)ccc2[nH]1)C1CCC(F)(F)CC1. The fraction of sp³-hybridized carbons (Fsp3) is 0.600. The summed E-state index contributed by atoms with van der Waals surface area (Å²) in [5, 5.41) is 0. The van der Waals surface area contributed by atoms with Crippen LogP contribution in [0.25, 0.3) is 11.0 Å². The van der Waals surface area contributed by atoms with E-state index in [9.17, 15) is 17.6 Å². The molecule has 0 aliphatic heterocycles. The molecule has 1 heterocycles. The molecule has 1 aromatic carbocycles. The van der Waals surface area contributed by atoms with Crippen molar-refractivity contribution in [2.45, 2.75) is 69.3 Å². The first-order valence-electron chi connectivity index (χ1n) is 9.70. The minimum Gasteiger partial charge on any atom is -0.341 e. The molecule has 28 heavy (non-hydrogen) atoms. The third kappa shape index (κ3) is 3.75. The van der Waals surface area contributed by atoms with Gasteiger partial charge in [-0.25, -0.2) is 26.9 Å². The fourth-order valence-corrected chi connectivity index (χ4v) is 4.32. The zero-order chi connectivity index (χ0) is 20.1. The van der Waals surface area contributed by atoms with Crippen molar-refractivity contribution in [3.8, 4) is 0 Å². The number of halogens is 5. The lowest BCUT2D eigenvalue weighted by Crippen LogP contribution is -2.31. The Morgan fingerprint density at radius 3 is 2.25 bits per heavy atom. The van der Waals surface area contributed by atoms with Crippen LogP contribution in [0.4, 0.5) is 22.0 Å². The Morgan fingerprint density at radius 1 is 1.00 bits per heavy atom. The van der Waals surface area contributed by atoms with Gasteiger partial charge < -0.3 is 10.7 Å². The molecule has 1 radical (unpaired) electrons. The Labute approximate surface area is 159 Å². The number of aromatic amines is 1. The second kappa shape index (κ2) is 6.97. The van der Waals surface area contributed by atoms with Crippen LogP contribution >= 0.6 is 0 Å². The van der Waals surface area contributed by atoms with E-state index >= 15 is 4.39 Å². The summed E-state index contributed by atoms with van der Waals surface area (Å²) in [4.78, 5) is 7.31. The van der Waals surface area contributed by atoms with Crippen molar-refractivity contribution in [3.63, 3.8) is 0 Å². The van der Waals surface area contributed by atoms with Gasteiger partial charge in [0.2, 0.25) is 11.8 Å². The molecule has 4 rings (SSSR count). The van der Waals surface area contributed by atoms with Crippen LogP contribution in [0.15, 0.2) is 12.1 Å². The predicted octanol–water partition coefficient (Wildman–Crippen LogP) is 5.66. The molecule has 8 heteroatoms. The normalized spacial score (nSPS) is 24.5. The molecule has 1 aromatic heterocycles. The molecule has 0 amide bonds. The third-order valence-corrected chi connectivity index (χ3v) is 6.16. The van der Waals surface area contributed by atoms with Crippen LogP contribution in [0.5, 0.6) is 0 Å². The third-order valence-electron chi connectivity index (χ3n) is 6.16. The number of fused-ring (bicyclic) bond motifs is 1. The second-order valence-corrected chi connectivity index (χ2v) is 8.12. The van der Waals surface area contributed by atoms with Gasteiger partial charge >= 0.3 is 0 Å². The number of benzene rings is 1. The van der Waals surface area contributed by atoms with Crippen molar-refractivity contribution in [3.05, 3.63) is 35.3 Å². The number of hydrogen-bond donors (Lipinski definition) is 2. The minimum absolute atomic E-state index is 0.119. The maximum absolute atomic E-state index is 15.0. The Bertz CT molecular complexity index is 843.